The molecule has 1 aliphatic carbocycles. The zero-order valence-electron chi connectivity index (χ0n) is 11.2. The summed E-state index contributed by atoms with van der Waals surface area (Å²) in [4.78, 5) is 10.1. The maximum Gasteiger partial charge on any atom is 0.313 e. The highest BCUT2D eigenvalue weighted by Crippen LogP contribution is 2.37. The highest BCUT2D eigenvalue weighted by molar-refractivity contribution is 5.60. The molecule has 1 aromatic carbocycles. The molecule has 0 aliphatic heterocycles. The van der Waals surface area contributed by atoms with Crippen LogP contribution in [-0.2, 0) is 0 Å². The number of aliphatic hydroxyl groups excluding tert-OH is 1. The van der Waals surface area contributed by atoms with Gasteiger partial charge >= 0.3 is 5.69 Å². The first-order chi connectivity index (χ1) is 9.51. The van der Waals surface area contributed by atoms with E-state index in [4.69, 9.17) is 4.74 Å². The summed E-state index contributed by atoms with van der Waals surface area (Å²) >= 11 is 0. The van der Waals surface area contributed by atoms with E-state index in [2.05, 4.69) is 5.32 Å². The summed E-state index contributed by atoms with van der Waals surface area (Å²) in [6.07, 6.45) is 3.39. The molecule has 6 nitrogen and oxygen atoms in total. The third-order valence-corrected chi connectivity index (χ3v) is 3.73. The van der Waals surface area contributed by atoms with Crippen molar-refractivity contribution < 1.29 is 19.2 Å². The van der Waals surface area contributed by atoms with Crippen LogP contribution in [0.3, 0.4) is 0 Å². The molecule has 0 aromatic heterocycles. The largest absolute Gasteiger partial charge is 0.490 e. The van der Waals surface area contributed by atoms with Crippen molar-refractivity contribution in [1.82, 2.24) is 0 Å². The summed E-state index contributed by atoms with van der Waals surface area (Å²) in [7, 11) is 1.29. The minimum absolute atomic E-state index is 0.00927. The fourth-order valence-electron chi connectivity index (χ4n) is 2.60. The van der Waals surface area contributed by atoms with Crippen LogP contribution in [0.1, 0.15) is 25.7 Å². The minimum atomic E-state index is -0.725. The summed E-state index contributed by atoms with van der Waals surface area (Å²) < 4.78 is 18.9. The molecule has 1 aliphatic rings. The molecule has 0 amide bonds. The van der Waals surface area contributed by atoms with Crippen LogP contribution in [0.15, 0.2) is 12.1 Å². The highest BCUT2D eigenvalue weighted by atomic mass is 19.1. The fourth-order valence-corrected chi connectivity index (χ4v) is 2.60. The van der Waals surface area contributed by atoms with Gasteiger partial charge < -0.3 is 15.2 Å². The van der Waals surface area contributed by atoms with E-state index >= 15 is 0 Å². The van der Waals surface area contributed by atoms with Gasteiger partial charge in [-0.25, -0.2) is 4.39 Å². The van der Waals surface area contributed by atoms with Crippen LogP contribution in [0.2, 0.25) is 0 Å². The van der Waals surface area contributed by atoms with E-state index in [1.54, 1.807) is 0 Å². The normalized spacial score (nSPS) is 16.9. The number of nitrogens with one attached hydrogen (secondary N) is 1. The van der Waals surface area contributed by atoms with Crippen LogP contribution in [0, 0.1) is 15.9 Å². The van der Waals surface area contributed by atoms with Crippen molar-refractivity contribution in [2.24, 2.45) is 0 Å². The molecule has 7 heteroatoms. The number of methoxy groups -OCH3 is 1. The van der Waals surface area contributed by atoms with Crippen LogP contribution >= 0.6 is 0 Å². The Kier molecular flexibility index (Phi) is 4.08. The number of aliphatic hydroxyl groups is 1. The van der Waals surface area contributed by atoms with Gasteiger partial charge in [0.1, 0.15) is 0 Å². The second-order valence-corrected chi connectivity index (χ2v) is 5.03. The first kappa shape index (κ1) is 14.5. The molecule has 0 saturated heterocycles. The van der Waals surface area contributed by atoms with Gasteiger partial charge in [0, 0.05) is 6.07 Å². The first-order valence-electron chi connectivity index (χ1n) is 6.42. The van der Waals surface area contributed by atoms with E-state index in [9.17, 15) is 19.6 Å². The van der Waals surface area contributed by atoms with E-state index in [1.165, 1.54) is 13.2 Å². The van der Waals surface area contributed by atoms with E-state index in [-0.39, 0.29) is 18.0 Å². The van der Waals surface area contributed by atoms with Crippen molar-refractivity contribution in [3.05, 3.63) is 28.1 Å². The van der Waals surface area contributed by atoms with Crippen LogP contribution < -0.4 is 10.1 Å². The van der Waals surface area contributed by atoms with Gasteiger partial charge in [-0.1, -0.05) is 12.8 Å². The quantitative estimate of drug-likeness (QED) is 0.641. The number of anilines is 1. The third-order valence-electron chi connectivity index (χ3n) is 3.73. The molecule has 2 rings (SSSR count). The zero-order chi connectivity index (χ0) is 14.8. The standard InChI is InChI=1S/C13H17FN2O4/c1-20-12-7-10(9(14)6-11(12)16(18)19)15-13(8-17)4-2-3-5-13/h6-7,15,17H,2-5,8H2,1H3. The molecular formula is C13H17FN2O4. The molecule has 0 heterocycles. The lowest BCUT2D eigenvalue weighted by atomic mass is 9.98. The van der Waals surface area contributed by atoms with Gasteiger partial charge in [-0.15, -0.1) is 0 Å². The van der Waals surface area contributed by atoms with Gasteiger partial charge in [0.2, 0.25) is 0 Å². The predicted molar refractivity (Wildman–Crippen MR) is 71.5 cm³/mol. The molecule has 1 fully saturated rings. The molecule has 110 valence electrons. The van der Waals surface area contributed by atoms with E-state index < -0.39 is 22.0 Å². The molecule has 0 atom stereocenters. The van der Waals surface area contributed by atoms with E-state index in [0.29, 0.717) is 0 Å². The SMILES string of the molecule is COc1cc(NC2(CO)CCCC2)c(F)cc1[N+](=O)[O-]. The van der Waals surface area contributed by atoms with Crippen LogP contribution in [0.25, 0.3) is 0 Å². The zero-order valence-corrected chi connectivity index (χ0v) is 11.2. The molecule has 0 spiro atoms. The van der Waals surface area contributed by atoms with Crippen molar-refractivity contribution in [1.29, 1.82) is 0 Å². The summed E-state index contributed by atoms with van der Waals surface area (Å²) in [6, 6.07) is 2.10. The van der Waals surface area contributed by atoms with Gasteiger partial charge in [-0.3, -0.25) is 10.1 Å². The Morgan fingerprint density at radius 1 is 1.50 bits per heavy atom. The molecule has 0 bridgehead atoms. The second-order valence-electron chi connectivity index (χ2n) is 5.03. The Hall–Kier alpha value is -1.89. The first-order valence-corrected chi connectivity index (χ1v) is 6.42. The molecule has 20 heavy (non-hydrogen) atoms. The molecule has 2 N–H and O–H groups in total. The lowest BCUT2D eigenvalue weighted by molar-refractivity contribution is -0.385. The average Bonchev–Trinajstić information content (AvgIpc) is 2.89. The van der Waals surface area contributed by atoms with E-state index in [1.807, 2.05) is 0 Å². The Balaban J connectivity index is 2.35. The number of ether oxygens (including phenoxy) is 1. The van der Waals surface area contributed by atoms with Crippen molar-refractivity contribution in [2.45, 2.75) is 31.2 Å². The third kappa shape index (κ3) is 2.67. The average molecular weight is 284 g/mol. The lowest BCUT2D eigenvalue weighted by Crippen LogP contribution is -2.39. The number of nitrogens with zero attached hydrogens (tertiary/aromatic N) is 1. The number of nitro benzene ring substituents is 1. The molecular weight excluding hydrogens is 267 g/mol. The number of nitro groups is 1. The Labute approximate surface area is 115 Å². The van der Waals surface area contributed by atoms with Crippen LogP contribution in [0.5, 0.6) is 5.75 Å². The summed E-state index contributed by atoms with van der Waals surface area (Å²) in [5, 5.41) is 23.3. The fraction of sp³-hybridized carbons (Fsp3) is 0.538. The van der Waals surface area contributed by atoms with Crippen LogP contribution in [0.4, 0.5) is 15.8 Å². The number of rotatable bonds is 5. The second kappa shape index (κ2) is 5.62. The van der Waals surface area contributed by atoms with Crippen molar-refractivity contribution in [2.75, 3.05) is 19.0 Å². The van der Waals surface area contributed by atoms with Gasteiger partial charge in [0.15, 0.2) is 11.6 Å². The molecule has 1 aromatic rings. The van der Waals surface area contributed by atoms with Gasteiger partial charge in [0.05, 0.1) is 35.9 Å². The highest BCUT2D eigenvalue weighted by Gasteiger charge is 2.34. The minimum Gasteiger partial charge on any atom is -0.490 e. The topological polar surface area (TPSA) is 84.6 Å². The maximum atomic E-state index is 14.0. The number of hydrogen-bond acceptors (Lipinski definition) is 5. The van der Waals surface area contributed by atoms with Gasteiger partial charge in [0.25, 0.3) is 0 Å². The van der Waals surface area contributed by atoms with Gasteiger partial charge in [-0.05, 0) is 12.8 Å². The summed E-state index contributed by atoms with van der Waals surface area (Å²) in [5.41, 5.74) is -0.856. The molecule has 1 saturated carbocycles. The number of benzene rings is 1. The molecule has 0 radical (unpaired) electrons. The maximum absolute atomic E-state index is 14.0. The Morgan fingerprint density at radius 2 is 2.15 bits per heavy atom. The number of hydrogen-bond donors (Lipinski definition) is 2. The van der Waals surface area contributed by atoms with Crippen molar-refractivity contribution in [3.63, 3.8) is 0 Å². The van der Waals surface area contributed by atoms with Gasteiger partial charge in [-0.2, -0.15) is 0 Å². The van der Waals surface area contributed by atoms with Crippen LogP contribution in [-0.4, -0.2) is 29.3 Å². The number of halogens is 1. The van der Waals surface area contributed by atoms with E-state index in [0.717, 1.165) is 31.7 Å². The van der Waals surface area contributed by atoms with Crippen molar-refractivity contribution >= 4 is 11.4 Å². The Morgan fingerprint density at radius 3 is 2.65 bits per heavy atom. The summed E-state index contributed by atoms with van der Waals surface area (Å²) in [5.74, 6) is -0.734. The predicted octanol–water partition coefficient (Wildman–Crippen LogP) is 2.46. The molecule has 0 unspecified atom stereocenters. The Bertz CT molecular complexity index is 515. The monoisotopic (exact) mass is 284 g/mol. The van der Waals surface area contributed by atoms with Crippen molar-refractivity contribution in [3.8, 4) is 5.75 Å². The lowest BCUT2D eigenvalue weighted by Gasteiger charge is -2.29. The smallest absolute Gasteiger partial charge is 0.313 e. The summed E-state index contributed by atoms with van der Waals surface area (Å²) in [6.45, 7) is -0.105.